The Balaban J connectivity index is 2.06. The van der Waals surface area contributed by atoms with E-state index in [-0.39, 0.29) is 24.6 Å². The van der Waals surface area contributed by atoms with Gasteiger partial charge in [0.1, 0.15) is 24.1 Å². The van der Waals surface area contributed by atoms with Gasteiger partial charge in [0.05, 0.1) is 26.2 Å². The molecule has 1 atom stereocenters. The van der Waals surface area contributed by atoms with Crippen LogP contribution in [-0.4, -0.2) is 64.7 Å². The lowest BCUT2D eigenvalue weighted by Gasteiger charge is -2.33. The zero-order valence-corrected chi connectivity index (χ0v) is 24.2. The number of sulfonamides is 1. The second-order valence-electron chi connectivity index (χ2n) is 9.34. The van der Waals surface area contributed by atoms with E-state index in [2.05, 4.69) is 5.32 Å². The highest BCUT2D eigenvalue weighted by molar-refractivity contribution is 7.92. The van der Waals surface area contributed by atoms with E-state index in [1.54, 1.807) is 49.6 Å². The molecule has 0 saturated carbocycles. The minimum atomic E-state index is -3.86. The molecule has 0 unspecified atom stereocenters. The van der Waals surface area contributed by atoms with Crippen molar-refractivity contribution in [2.24, 2.45) is 0 Å². The molecular formula is C30H37N3O6S. The molecule has 0 spiro atoms. The Kier molecular flexibility index (Phi) is 11.0. The van der Waals surface area contributed by atoms with Gasteiger partial charge in [0.15, 0.2) is 0 Å². The molecule has 0 aliphatic heterocycles. The Labute approximate surface area is 236 Å². The van der Waals surface area contributed by atoms with Crippen LogP contribution in [0.4, 0.5) is 5.69 Å². The predicted molar refractivity (Wildman–Crippen MR) is 156 cm³/mol. The number of nitrogens with zero attached hydrogens (tertiary/aromatic N) is 2. The standard InChI is InChI=1S/C30H37N3O6S/c1-5-17-31-30(35)28(19-23-11-7-6-8-12-23)32(21-24-13-9-15-26(18-24)38-2)29(34)22-33(40(4,36)37)25-14-10-16-27(20-25)39-3/h6-16,18,20,28H,5,17,19,21-22H2,1-4H3,(H,31,35)/t28-/m0/s1. The number of anilines is 1. The molecule has 3 aromatic carbocycles. The molecule has 3 aromatic rings. The molecule has 0 radical (unpaired) electrons. The summed E-state index contributed by atoms with van der Waals surface area (Å²) in [6, 6.07) is 22.2. The lowest BCUT2D eigenvalue weighted by Crippen LogP contribution is -2.53. The molecule has 9 nitrogen and oxygen atoms in total. The second kappa shape index (κ2) is 14.4. The number of benzene rings is 3. The van der Waals surface area contributed by atoms with Crippen LogP contribution in [0.15, 0.2) is 78.9 Å². The molecule has 0 aliphatic carbocycles. The first-order valence-electron chi connectivity index (χ1n) is 13.0. The number of amides is 2. The molecule has 3 rings (SSSR count). The number of carbonyl (C=O) groups is 2. The van der Waals surface area contributed by atoms with E-state index in [1.165, 1.54) is 12.0 Å². The monoisotopic (exact) mass is 567 g/mol. The van der Waals surface area contributed by atoms with Crippen molar-refractivity contribution in [1.29, 1.82) is 0 Å². The topological polar surface area (TPSA) is 105 Å². The van der Waals surface area contributed by atoms with Crippen molar-refractivity contribution >= 4 is 27.5 Å². The molecule has 0 aromatic heterocycles. The number of methoxy groups -OCH3 is 2. The summed E-state index contributed by atoms with van der Waals surface area (Å²) >= 11 is 0. The summed E-state index contributed by atoms with van der Waals surface area (Å²) in [5.41, 5.74) is 1.89. The van der Waals surface area contributed by atoms with E-state index in [0.717, 1.165) is 28.1 Å². The average molecular weight is 568 g/mol. The van der Waals surface area contributed by atoms with Crippen LogP contribution < -0.4 is 19.1 Å². The predicted octanol–water partition coefficient (Wildman–Crippen LogP) is 3.64. The summed E-state index contributed by atoms with van der Waals surface area (Å²) in [5, 5.41) is 2.92. The third-order valence-corrected chi connectivity index (χ3v) is 7.47. The van der Waals surface area contributed by atoms with Crippen molar-refractivity contribution in [2.45, 2.75) is 32.4 Å². The van der Waals surface area contributed by atoms with Crippen molar-refractivity contribution < 1.29 is 27.5 Å². The SMILES string of the molecule is CCCNC(=O)[C@H](Cc1ccccc1)N(Cc1cccc(OC)c1)C(=O)CN(c1cccc(OC)c1)S(C)(=O)=O. The lowest BCUT2D eigenvalue weighted by atomic mass is 10.0. The second-order valence-corrected chi connectivity index (χ2v) is 11.2. The van der Waals surface area contributed by atoms with Crippen LogP contribution >= 0.6 is 0 Å². The van der Waals surface area contributed by atoms with Crippen molar-refractivity contribution in [1.82, 2.24) is 10.2 Å². The fourth-order valence-electron chi connectivity index (χ4n) is 4.27. The number of hydrogen-bond acceptors (Lipinski definition) is 6. The molecule has 0 heterocycles. The van der Waals surface area contributed by atoms with Crippen molar-refractivity contribution in [3.8, 4) is 11.5 Å². The van der Waals surface area contributed by atoms with E-state index in [0.29, 0.717) is 18.0 Å². The van der Waals surface area contributed by atoms with Gasteiger partial charge in [-0.15, -0.1) is 0 Å². The van der Waals surface area contributed by atoms with Crippen LogP contribution in [0.25, 0.3) is 0 Å². The number of nitrogens with one attached hydrogen (secondary N) is 1. The summed E-state index contributed by atoms with van der Waals surface area (Å²) in [6.45, 7) is 1.97. The Bertz CT molecular complexity index is 1380. The Morgan fingerprint density at radius 1 is 0.875 bits per heavy atom. The van der Waals surface area contributed by atoms with Gasteiger partial charge >= 0.3 is 0 Å². The molecular weight excluding hydrogens is 530 g/mol. The van der Waals surface area contributed by atoms with Crippen LogP contribution in [0.1, 0.15) is 24.5 Å². The third kappa shape index (κ3) is 8.47. The molecule has 0 saturated heterocycles. The summed E-state index contributed by atoms with van der Waals surface area (Å²) in [4.78, 5) is 29.0. The van der Waals surface area contributed by atoms with Crippen molar-refractivity contribution in [3.63, 3.8) is 0 Å². The highest BCUT2D eigenvalue weighted by Crippen LogP contribution is 2.24. The van der Waals surface area contributed by atoms with Crippen LogP contribution in [0.3, 0.4) is 0 Å². The fourth-order valence-corrected chi connectivity index (χ4v) is 5.11. The number of ether oxygens (including phenoxy) is 2. The van der Waals surface area contributed by atoms with Crippen LogP contribution in [0.2, 0.25) is 0 Å². The molecule has 0 fully saturated rings. The minimum Gasteiger partial charge on any atom is -0.497 e. The molecule has 2 amide bonds. The highest BCUT2D eigenvalue weighted by atomic mass is 32.2. The Morgan fingerprint density at radius 2 is 1.50 bits per heavy atom. The van der Waals surface area contributed by atoms with E-state index in [1.807, 2.05) is 43.3 Å². The summed E-state index contributed by atoms with van der Waals surface area (Å²) in [6.07, 6.45) is 2.02. The smallest absolute Gasteiger partial charge is 0.244 e. The van der Waals surface area contributed by atoms with Gasteiger partial charge in [-0.2, -0.15) is 0 Å². The number of rotatable bonds is 14. The third-order valence-electron chi connectivity index (χ3n) is 6.33. The van der Waals surface area contributed by atoms with Gasteiger partial charge in [0.25, 0.3) is 0 Å². The molecule has 1 N–H and O–H groups in total. The molecule has 0 aliphatic rings. The Hall–Kier alpha value is -4.05. The van der Waals surface area contributed by atoms with E-state index < -0.39 is 28.5 Å². The maximum atomic E-state index is 14.1. The quantitative estimate of drug-likeness (QED) is 0.319. The zero-order valence-electron chi connectivity index (χ0n) is 23.4. The lowest BCUT2D eigenvalue weighted by molar-refractivity contribution is -0.140. The summed E-state index contributed by atoms with van der Waals surface area (Å²) < 4.78 is 37.4. The van der Waals surface area contributed by atoms with Crippen molar-refractivity contribution in [3.05, 3.63) is 90.0 Å². The van der Waals surface area contributed by atoms with Gasteiger partial charge in [-0.1, -0.05) is 55.5 Å². The molecule has 10 heteroatoms. The summed E-state index contributed by atoms with van der Waals surface area (Å²) in [7, 11) is -0.832. The first kappa shape index (κ1) is 30.5. The van der Waals surface area contributed by atoms with Gasteiger partial charge in [-0.25, -0.2) is 8.42 Å². The Morgan fingerprint density at radius 3 is 2.12 bits per heavy atom. The van der Waals surface area contributed by atoms with E-state index in [9.17, 15) is 18.0 Å². The maximum Gasteiger partial charge on any atom is 0.244 e. The van der Waals surface area contributed by atoms with Gasteiger partial charge in [-0.05, 0) is 41.8 Å². The first-order valence-corrected chi connectivity index (χ1v) is 14.9. The fraction of sp³-hybridized carbons (Fsp3) is 0.333. The maximum absolute atomic E-state index is 14.1. The van der Waals surface area contributed by atoms with E-state index >= 15 is 0 Å². The average Bonchev–Trinajstić information content (AvgIpc) is 2.96. The largest absolute Gasteiger partial charge is 0.497 e. The van der Waals surface area contributed by atoms with E-state index in [4.69, 9.17) is 9.47 Å². The van der Waals surface area contributed by atoms with Gasteiger partial charge in [0.2, 0.25) is 21.8 Å². The number of carbonyl (C=O) groups excluding carboxylic acids is 2. The van der Waals surface area contributed by atoms with Crippen molar-refractivity contribution in [2.75, 3.05) is 37.9 Å². The summed E-state index contributed by atoms with van der Waals surface area (Å²) in [5.74, 6) is 0.222. The van der Waals surface area contributed by atoms with Crippen LogP contribution in [-0.2, 0) is 32.6 Å². The van der Waals surface area contributed by atoms with Gasteiger partial charge in [-0.3, -0.25) is 13.9 Å². The molecule has 214 valence electrons. The van der Waals surface area contributed by atoms with Crippen LogP contribution in [0.5, 0.6) is 11.5 Å². The van der Waals surface area contributed by atoms with Gasteiger partial charge in [0, 0.05) is 25.6 Å². The zero-order chi connectivity index (χ0) is 29.1. The number of hydrogen-bond donors (Lipinski definition) is 1. The minimum absolute atomic E-state index is 0.0722. The van der Waals surface area contributed by atoms with Crippen LogP contribution in [0, 0.1) is 0 Å². The molecule has 40 heavy (non-hydrogen) atoms. The van der Waals surface area contributed by atoms with Gasteiger partial charge < -0.3 is 19.7 Å². The first-order chi connectivity index (χ1) is 19.2. The highest BCUT2D eigenvalue weighted by Gasteiger charge is 2.33. The molecule has 0 bridgehead atoms. The normalized spacial score (nSPS) is 11.8.